The molecular weight excluding hydrogens is 452 g/mol. The standard InChI is InChI=1S/C21H14N4O5S2/c1-12-16(19(26)24-20(27)17(12)11-22)10-14-4-7-18(30-14)13-2-5-15(6-3-13)32(28,29)25-21-23-8-9-31-21/h2-10H,1H3,(H,23,25)(H,24,26,27)/b16-10-. The number of nitrogens with one attached hydrogen (secondary N) is 2. The van der Waals surface area contributed by atoms with E-state index in [1.807, 2.05) is 0 Å². The largest absolute Gasteiger partial charge is 0.457 e. The van der Waals surface area contributed by atoms with Crippen molar-refractivity contribution in [2.75, 3.05) is 4.72 Å². The molecule has 0 spiro atoms. The molecule has 3 heterocycles. The number of furan rings is 1. The zero-order chi connectivity index (χ0) is 22.9. The Morgan fingerprint density at radius 3 is 2.56 bits per heavy atom. The first-order valence-corrected chi connectivity index (χ1v) is 11.5. The summed E-state index contributed by atoms with van der Waals surface area (Å²) in [5.74, 6) is -0.570. The van der Waals surface area contributed by atoms with Crippen LogP contribution in [-0.4, -0.2) is 25.2 Å². The summed E-state index contributed by atoms with van der Waals surface area (Å²) in [6.07, 6.45) is 2.94. The molecule has 0 unspecified atom stereocenters. The summed E-state index contributed by atoms with van der Waals surface area (Å²) in [6.45, 7) is 1.52. The lowest BCUT2D eigenvalue weighted by Gasteiger charge is -2.15. The molecule has 32 heavy (non-hydrogen) atoms. The molecule has 0 aliphatic carbocycles. The molecule has 2 N–H and O–H groups in total. The maximum atomic E-state index is 12.4. The first-order valence-electron chi connectivity index (χ1n) is 9.10. The smallest absolute Gasteiger partial charge is 0.269 e. The molecule has 11 heteroatoms. The summed E-state index contributed by atoms with van der Waals surface area (Å²) in [6, 6.07) is 11.2. The van der Waals surface area contributed by atoms with Gasteiger partial charge in [0.15, 0.2) is 5.13 Å². The minimum Gasteiger partial charge on any atom is -0.457 e. The van der Waals surface area contributed by atoms with Crippen LogP contribution in [0.4, 0.5) is 5.13 Å². The molecule has 3 aromatic rings. The second-order valence-corrected chi connectivity index (χ2v) is 9.20. The highest BCUT2D eigenvalue weighted by atomic mass is 32.2. The summed E-state index contributed by atoms with van der Waals surface area (Å²) in [4.78, 5) is 27.8. The molecule has 2 amide bonds. The van der Waals surface area contributed by atoms with Gasteiger partial charge in [0, 0.05) is 22.7 Å². The number of sulfonamides is 1. The Balaban J connectivity index is 1.59. The first-order chi connectivity index (χ1) is 15.3. The molecule has 1 aliphatic rings. The summed E-state index contributed by atoms with van der Waals surface area (Å²) in [7, 11) is -3.77. The van der Waals surface area contributed by atoms with Gasteiger partial charge < -0.3 is 4.42 Å². The van der Waals surface area contributed by atoms with Crippen molar-refractivity contribution in [1.82, 2.24) is 10.3 Å². The van der Waals surface area contributed by atoms with Crippen molar-refractivity contribution in [3.63, 3.8) is 0 Å². The van der Waals surface area contributed by atoms with Crippen LogP contribution in [0.5, 0.6) is 0 Å². The van der Waals surface area contributed by atoms with Gasteiger partial charge in [0.1, 0.15) is 23.2 Å². The monoisotopic (exact) mass is 466 g/mol. The number of nitriles is 1. The van der Waals surface area contributed by atoms with Gasteiger partial charge in [-0.05, 0) is 55.0 Å². The quantitative estimate of drug-likeness (QED) is 0.434. The van der Waals surface area contributed by atoms with E-state index in [-0.39, 0.29) is 26.7 Å². The Bertz CT molecular complexity index is 1420. The Hall–Kier alpha value is -4.01. The molecule has 4 rings (SSSR count). The van der Waals surface area contributed by atoms with E-state index in [9.17, 15) is 18.0 Å². The summed E-state index contributed by atoms with van der Waals surface area (Å²) < 4.78 is 33.0. The molecule has 0 radical (unpaired) electrons. The van der Waals surface area contributed by atoms with Crippen molar-refractivity contribution in [3.05, 3.63) is 70.5 Å². The lowest BCUT2D eigenvalue weighted by molar-refractivity contribution is -0.126. The van der Waals surface area contributed by atoms with E-state index in [2.05, 4.69) is 15.0 Å². The SMILES string of the molecule is CC1=C(C#N)C(=O)NC(=O)/C1=C\c1ccc(-c2ccc(S(=O)(=O)Nc3nccs3)cc2)o1. The van der Waals surface area contributed by atoms with Gasteiger partial charge in [-0.1, -0.05) is 0 Å². The van der Waals surface area contributed by atoms with Gasteiger partial charge in [0.2, 0.25) is 0 Å². The molecule has 0 saturated carbocycles. The number of rotatable bonds is 5. The van der Waals surface area contributed by atoms with Gasteiger partial charge in [0.05, 0.1) is 4.90 Å². The third-order valence-corrected chi connectivity index (χ3v) is 6.78. The second-order valence-electron chi connectivity index (χ2n) is 6.62. The number of hydrogen-bond donors (Lipinski definition) is 2. The number of amides is 2. The van der Waals surface area contributed by atoms with Gasteiger partial charge in [-0.15, -0.1) is 11.3 Å². The van der Waals surface area contributed by atoms with Crippen LogP contribution in [0.15, 0.2) is 74.0 Å². The Labute approximate surface area is 186 Å². The predicted octanol–water partition coefficient (Wildman–Crippen LogP) is 3.08. The van der Waals surface area contributed by atoms with Gasteiger partial charge in [-0.3, -0.25) is 19.6 Å². The van der Waals surface area contributed by atoms with Crippen LogP contribution in [0.3, 0.4) is 0 Å². The van der Waals surface area contributed by atoms with E-state index in [0.717, 1.165) is 0 Å². The van der Waals surface area contributed by atoms with E-state index in [1.165, 1.54) is 42.7 Å². The molecule has 1 aromatic carbocycles. The zero-order valence-corrected chi connectivity index (χ0v) is 18.1. The number of benzene rings is 1. The minimum absolute atomic E-state index is 0.0682. The third-order valence-electron chi connectivity index (χ3n) is 4.61. The molecule has 0 bridgehead atoms. The average Bonchev–Trinajstić information content (AvgIpc) is 3.43. The maximum Gasteiger partial charge on any atom is 0.269 e. The number of thiazole rings is 1. The molecule has 0 atom stereocenters. The number of aromatic nitrogens is 1. The fourth-order valence-corrected chi connectivity index (χ4v) is 4.78. The number of carbonyl (C=O) groups is 2. The topological polar surface area (TPSA) is 142 Å². The summed E-state index contributed by atoms with van der Waals surface area (Å²) >= 11 is 1.17. The number of nitrogens with zero attached hydrogens (tertiary/aromatic N) is 2. The predicted molar refractivity (Wildman–Crippen MR) is 117 cm³/mol. The molecule has 160 valence electrons. The lowest BCUT2D eigenvalue weighted by atomic mass is 9.96. The number of carbonyl (C=O) groups excluding carboxylic acids is 2. The normalized spacial score (nSPS) is 15.6. The van der Waals surface area contributed by atoms with Gasteiger partial charge in [-0.25, -0.2) is 13.4 Å². The molecule has 9 nitrogen and oxygen atoms in total. The van der Waals surface area contributed by atoms with Crippen LogP contribution in [-0.2, 0) is 19.6 Å². The third kappa shape index (κ3) is 4.09. The highest BCUT2D eigenvalue weighted by Crippen LogP contribution is 2.28. The molecule has 2 aromatic heterocycles. The molecule has 0 fully saturated rings. The first kappa shape index (κ1) is 21.2. The highest BCUT2D eigenvalue weighted by Gasteiger charge is 2.27. The summed E-state index contributed by atoms with van der Waals surface area (Å²) in [5.41, 5.74) is 0.903. The Morgan fingerprint density at radius 1 is 1.16 bits per heavy atom. The average molecular weight is 467 g/mol. The van der Waals surface area contributed by atoms with Gasteiger partial charge >= 0.3 is 0 Å². The van der Waals surface area contributed by atoms with Crippen molar-refractivity contribution in [2.24, 2.45) is 0 Å². The molecular formula is C21H14N4O5S2. The van der Waals surface area contributed by atoms with E-state index in [1.54, 1.807) is 35.7 Å². The van der Waals surface area contributed by atoms with E-state index < -0.39 is 21.8 Å². The van der Waals surface area contributed by atoms with Gasteiger partial charge in [-0.2, -0.15) is 5.26 Å². The Kier molecular flexibility index (Phi) is 5.48. The molecule has 1 aliphatic heterocycles. The number of anilines is 1. The van der Waals surface area contributed by atoms with Crippen LogP contribution in [0.25, 0.3) is 17.4 Å². The number of imide groups is 1. The maximum absolute atomic E-state index is 12.4. The fraction of sp³-hybridized carbons (Fsp3) is 0.0476. The van der Waals surface area contributed by atoms with Crippen molar-refractivity contribution >= 4 is 44.4 Å². The Morgan fingerprint density at radius 2 is 1.91 bits per heavy atom. The van der Waals surface area contributed by atoms with Crippen molar-refractivity contribution in [2.45, 2.75) is 11.8 Å². The lowest BCUT2D eigenvalue weighted by Crippen LogP contribution is -2.37. The van der Waals surface area contributed by atoms with E-state index in [0.29, 0.717) is 17.1 Å². The van der Waals surface area contributed by atoms with Crippen molar-refractivity contribution in [1.29, 1.82) is 5.26 Å². The minimum atomic E-state index is -3.77. The van der Waals surface area contributed by atoms with Crippen molar-refractivity contribution in [3.8, 4) is 17.4 Å². The van der Waals surface area contributed by atoms with Crippen LogP contribution in [0, 0.1) is 11.3 Å². The van der Waals surface area contributed by atoms with Crippen LogP contribution in [0.2, 0.25) is 0 Å². The fourth-order valence-electron chi connectivity index (χ4n) is 2.99. The molecule has 0 saturated heterocycles. The zero-order valence-electron chi connectivity index (χ0n) is 16.4. The van der Waals surface area contributed by atoms with E-state index in [4.69, 9.17) is 9.68 Å². The highest BCUT2D eigenvalue weighted by molar-refractivity contribution is 7.93. The number of hydrogen-bond acceptors (Lipinski definition) is 8. The van der Waals surface area contributed by atoms with Crippen LogP contribution >= 0.6 is 11.3 Å². The second kappa shape index (κ2) is 8.26. The van der Waals surface area contributed by atoms with Crippen molar-refractivity contribution < 1.29 is 22.4 Å². The van der Waals surface area contributed by atoms with Crippen LogP contribution < -0.4 is 10.0 Å². The summed E-state index contributed by atoms with van der Waals surface area (Å²) in [5, 5.41) is 13.2. The van der Waals surface area contributed by atoms with Gasteiger partial charge in [0.25, 0.3) is 21.8 Å². The van der Waals surface area contributed by atoms with E-state index >= 15 is 0 Å². The van der Waals surface area contributed by atoms with Crippen LogP contribution in [0.1, 0.15) is 12.7 Å².